The summed E-state index contributed by atoms with van der Waals surface area (Å²) in [4.78, 5) is 3.44. The van der Waals surface area contributed by atoms with Crippen LogP contribution in [-0.4, -0.2) is 18.8 Å². The van der Waals surface area contributed by atoms with Gasteiger partial charge in [-0.25, -0.2) is 4.85 Å². The van der Waals surface area contributed by atoms with E-state index in [1.807, 2.05) is 19.1 Å². The Labute approximate surface area is 114 Å². The zero-order chi connectivity index (χ0) is 13.7. The van der Waals surface area contributed by atoms with E-state index in [0.717, 1.165) is 31.4 Å². The maximum atomic E-state index is 7.10. The van der Waals surface area contributed by atoms with Crippen LogP contribution in [0.1, 0.15) is 32.6 Å². The highest BCUT2D eigenvalue weighted by Crippen LogP contribution is 2.33. The van der Waals surface area contributed by atoms with Gasteiger partial charge in [0.15, 0.2) is 0 Å². The second-order valence-corrected chi connectivity index (χ2v) is 4.83. The van der Waals surface area contributed by atoms with E-state index in [0.29, 0.717) is 24.1 Å². The average molecular weight is 260 g/mol. The van der Waals surface area contributed by atoms with Crippen molar-refractivity contribution in [2.75, 3.05) is 6.61 Å². The van der Waals surface area contributed by atoms with Gasteiger partial charge in [-0.3, -0.25) is 0 Å². The molecule has 102 valence electrons. The Hall–Kier alpha value is -1.73. The summed E-state index contributed by atoms with van der Waals surface area (Å²) in [5.41, 5.74) is 6.41. The van der Waals surface area contributed by atoms with Gasteiger partial charge in [-0.1, -0.05) is 0 Å². The minimum absolute atomic E-state index is 0.230. The van der Waals surface area contributed by atoms with Gasteiger partial charge in [-0.05, 0) is 44.7 Å². The van der Waals surface area contributed by atoms with Crippen LogP contribution < -0.4 is 15.2 Å². The molecule has 4 nitrogen and oxygen atoms in total. The van der Waals surface area contributed by atoms with Crippen LogP contribution in [0.3, 0.4) is 0 Å². The molecule has 1 aromatic carbocycles. The fourth-order valence-electron chi connectivity index (χ4n) is 2.33. The van der Waals surface area contributed by atoms with Crippen LogP contribution >= 0.6 is 0 Å². The molecule has 19 heavy (non-hydrogen) atoms. The standard InChI is InChI=1S/C15H20N2O2/c1-3-18-15-10-13(8-9-14(15)17-2)19-12-6-4-11(16)5-7-12/h8-12H,3-7,16H2,1H3. The van der Waals surface area contributed by atoms with Crippen molar-refractivity contribution in [2.45, 2.75) is 44.8 Å². The largest absolute Gasteiger partial charge is 0.505 e. The number of hydrogen-bond acceptors (Lipinski definition) is 3. The minimum Gasteiger partial charge on any atom is -0.505 e. The Morgan fingerprint density at radius 3 is 2.68 bits per heavy atom. The Morgan fingerprint density at radius 2 is 2.05 bits per heavy atom. The second kappa shape index (κ2) is 6.44. The molecule has 2 rings (SSSR count). The molecule has 0 bridgehead atoms. The summed E-state index contributed by atoms with van der Waals surface area (Å²) in [5.74, 6) is 1.37. The molecule has 1 aliphatic carbocycles. The van der Waals surface area contributed by atoms with Gasteiger partial charge in [-0.15, -0.1) is 0 Å². The predicted molar refractivity (Wildman–Crippen MR) is 74.7 cm³/mol. The lowest BCUT2D eigenvalue weighted by Gasteiger charge is -2.27. The third kappa shape index (κ3) is 3.62. The normalized spacial score (nSPS) is 22.6. The van der Waals surface area contributed by atoms with Gasteiger partial charge >= 0.3 is 0 Å². The number of nitrogens with two attached hydrogens (primary N) is 1. The van der Waals surface area contributed by atoms with Crippen molar-refractivity contribution in [1.82, 2.24) is 0 Å². The maximum absolute atomic E-state index is 7.10. The number of ether oxygens (including phenoxy) is 2. The molecule has 4 heteroatoms. The first-order chi connectivity index (χ1) is 9.22. The topological polar surface area (TPSA) is 48.8 Å². The minimum atomic E-state index is 0.230. The lowest BCUT2D eigenvalue weighted by atomic mass is 9.94. The molecule has 0 spiro atoms. The fraction of sp³-hybridized carbons (Fsp3) is 0.533. The Balaban J connectivity index is 2.04. The summed E-state index contributed by atoms with van der Waals surface area (Å²) in [5, 5.41) is 0. The maximum Gasteiger partial charge on any atom is 0.228 e. The van der Waals surface area contributed by atoms with E-state index in [1.165, 1.54) is 0 Å². The highest BCUT2D eigenvalue weighted by molar-refractivity contribution is 5.60. The van der Waals surface area contributed by atoms with E-state index in [-0.39, 0.29) is 6.10 Å². The van der Waals surface area contributed by atoms with E-state index >= 15 is 0 Å². The van der Waals surface area contributed by atoms with Crippen molar-refractivity contribution in [3.05, 3.63) is 29.6 Å². The Kier molecular flexibility index (Phi) is 4.64. The third-order valence-corrected chi connectivity index (χ3v) is 3.37. The van der Waals surface area contributed by atoms with Crippen molar-refractivity contribution in [3.8, 4) is 11.5 Å². The molecule has 0 radical (unpaired) electrons. The van der Waals surface area contributed by atoms with Gasteiger partial charge in [0.2, 0.25) is 5.69 Å². The van der Waals surface area contributed by atoms with Crippen LogP contribution in [0.25, 0.3) is 4.85 Å². The molecule has 0 amide bonds. The van der Waals surface area contributed by atoms with Gasteiger partial charge in [0, 0.05) is 12.1 Å². The summed E-state index contributed by atoms with van der Waals surface area (Å²) in [6, 6.07) is 5.72. The summed E-state index contributed by atoms with van der Waals surface area (Å²) in [7, 11) is 0. The molecule has 0 unspecified atom stereocenters. The van der Waals surface area contributed by atoms with Crippen LogP contribution in [-0.2, 0) is 0 Å². The van der Waals surface area contributed by atoms with E-state index in [4.69, 9.17) is 21.8 Å². The first-order valence-electron chi connectivity index (χ1n) is 6.79. The summed E-state index contributed by atoms with van der Waals surface area (Å²) in [6.07, 6.45) is 4.26. The molecular weight excluding hydrogens is 240 g/mol. The molecule has 1 fully saturated rings. The summed E-state index contributed by atoms with van der Waals surface area (Å²) >= 11 is 0. The first kappa shape index (κ1) is 13.7. The quantitative estimate of drug-likeness (QED) is 0.845. The van der Waals surface area contributed by atoms with E-state index in [1.54, 1.807) is 6.07 Å². The van der Waals surface area contributed by atoms with Crippen LogP contribution in [0.5, 0.6) is 11.5 Å². The van der Waals surface area contributed by atoms with Crippen molar-refractivity contribution in [2.24, 2.45) is 5.73 Å². The van der Waals surface area contributed by atoms with Gasteiger partial charge in [0.1, 0.15) is 11.5 Å². The third-order valence-electron chi connectivity index (χ3n) is 3.37. The summed E-state index contributed by atoms with van der Waals surface area (Å²) in [6.45, 7) is 9.55. The van der Waals surface area contributed by atoms with Crippen LogP contribution in [0.4, 0.5) is 5.69 Å². The molecular formula is C15H20N2O2. The van der Waals surface area contributed by atoms with Gasteiger partial charge in [0.25, 0.3) is 0 Å². The molecule has 0 aromatic heterocycles. The Bertz CT molecular complexity index is 460. The molecule has 0 atom stereocenters. The van der Waals surface area contributed by atoms with Crippen LogP contribution in [0.2, 0.25) is 0 Å². The highest BCUT2D eigenvalue weighted by Gasteiger charge is 2.20. The number of rotatable bonds is 4. The van der Waals surface area contributed by atoms with Gasteiger partial charge in [0.05, 0.1) is 19.3 Å². The van der Waals surface area contributed by atoms with Crippen LogP contribution in [0, 0.1) is 6.57 Å². The van der Waals surface area contributed by atoms with Crippen LogP contribution in [0.15, 0.2) is 18.2 Å². The lowest BCUT2D eigenvalue weighted by molar-refractivity contribution is 0.146. The monoisotopic (exact) mass is 260 g/mol. The van der Waals surface area contributed by atoms with E-state index in [2.05, 4.69) is 4.85 Å². The van der Waals surface area contributed by atoms with Gasteiger partial charge < -0.3 is 15.2 Å². The SMILES string of the molecule is [C-]#[N+]c1ccc(OC2CCC(N)CC2)cc1OCC. The Morgan fingerprint density at radius 1 is 1.32 bits per heavy atom. The molecule has 0 aliphatic heterocycles. The highest BCUT2D eigenvalue weighted by atomic mass is 16.5. The fourth-order valence-corrected chi connectivity index (χ4v) is 2.33. The smallest absolute Gasteiger partial charge is 0.228 e. The number of nitrogens with zero attached hydrogens (tertiary/aromatic N) is 1. The molecule has 2 N–H and O–H groups in total. The molecule has 1 aromatic rings. The van der Waals surface area contributed by atoms with E-state index < -0.39 is 0 Å². The second-order valence-electron chi connectivity index (χ2n) is 4.83. The lowest BCUT2D eigenvalue weighted by Crippen LogP contribution is -2.31. The molecule has 0 saturated heterocycles. The zero-order valence-corrected chi connectivity index (χ0v) is 11.3. The van der Waals surface area contributed by atoms with Crippen molar-refractivity contribution >= 4 is 5.69 Å². The molecule has 1 saturated carbocycles. The first-order valence-corrected chi connectivity index (χ1v) is 6.79. The average Bonchev–Trinajstić information content (AvgIpc) is 2.42. The van der Waals surface area contributed by atoms with Gasteiger partial charge in [-0.2, -0.15) is 0 Å². The predicted octanol–water partition coefficient (Wildman–Crippen LogP) is 3.28. The van der Waals surface area contributed by atoms with Crippen molar-refractivity contribution in [1.29, 1.82) is 0 Å². The zero-order valence-electron chi connectivity index (χ0n) is 11.3. The number of benzene rings is 1. The van der Waals surface area contributed by atoms with Crippen molar-refractivity contribution in [3.63, 3.8) is 0 Å². The van der Waals surface area contributed by atoms with Crippen molar-refractivity contribution < 1.29 is 9.47 Å². The number of hydrogen-bond donors (Lipinski definition) is 1. The van der Waals surface area contributed by atoms with E-state index in [9.17, 15) is 0 Å². The molecule has 0 heterocycles. The summed E-state index contributed by atoms with van der Waals surface area (Å²) < 4.78 is 11.4. The molecule has 1 aliphatic rings.